The Morgan fingerprint density at radius 2 is 1.91 bits per heavy atom. The van der Waals surface area contributed by atoms with Crippen LogP contribution in [0.1, 0.15) is 11.3 Å². The van der Waals surface area contributed by atoms with Crippen LogP contribution in [0.4, 0.5) is 5.82 Å². The van der Waals surface area contributed by atoms with E-state index in [1.165, 1.54) is 10.8 Å². The Morgan fingerprint density at radius 1 is 1.12 bits per heavy atom. The van der Waals surface area contributed by atoms with Crippen LogP contribution in [0.15, 0.2) is 71.4 Å². The lowest BCUT2D eigenvalue weighted by atomic mass is 10.1. The molecule has 4 N–H and O–H groups in total. The van der Waals surface area contributed by atoms with Gasteiger partial charge in [0, 0.05) is 18.6 Å². The molecular formula is C21H19ClN4O6P+. The quantitative estimate of drug-likeness (QED) is 0.191. The van der Waals surface area contributed by atoms with Crippen molar-refractivity contribution in [2.75, 3.05) is 5.73 Å². The predicted octanol–water partition coefficient (Wildman–Crippen LogP) is 3.71. The topological polar surface area (TPSA) is 145 Å². The summed E-state index contributed by atoms with van der Waals surface area (Å²) in [6.45, 7) is -0.413. The molecule has 4 rings (SSSR count). The van der Waals surface area contributed by atoms with Gasteiger partial charge >= 0.3 is 7.82 Å². The van der Waals surface area contributed by atoms with E-state index in [-0.39, 0.29) is 5.82 Å². The van der Waals surface area contributed by atoms with Gasteiger partial charge in [-0.2, -0.15) is 0 Å². The summed E-state index contributed by atoms with van der Waals surface area (Å²) in [5, 5.41) is 4.44. The minimum atomic E-state index is -4.63. The first-order chi connectivity index (χ1) is 15.8. The Morgan fingerprint density at radius 3 is 2.64 bits per heavy atom. The molecule has 0 aliphatic heterocycles. The fourth-order valence-corrected chi connectivity index (χ4v) is 3.43. The van der Waals surface area contributed by atoms with Crippen molar-refractivity contribution in [3.05, 3.63) is 83.3 Å². The van der Waals surface area contributed by atoms with E-state index < -0.39 is 14.6 Å². The minimum Gasteiger partial charge on any atom is -0.439 e. The third-order valence-electron chi connectivity index (χ3n) is 4.52. The molecule has 33 heavy (non-hydrogen) atoms. The maximum atomic E-state index is 10.9. The molecule has 0 saturated carbocycles. The van der Waals surface area contributed by atoms with Crippen molar-refractivity contribution in [3.63, 3.8) is 0 Å². The zero-order chi connectivity index (χ0) is 23.4. The number of nitrogens with zero attached hydrogens (tertiary/aromatic N) is 3. The van der Waals surface area contributed by atoms with Crippen molar-refractivity contribution < 1.29 is 32.7 Å². The maximum Gasteiger partial charge on any atom is 0.472 e. The number of hydrogen-bond donors (Lipinski definition) is 3. The molecule has 0 radical (unpaired) electrons. The first kappa shape index (κ1) is 22.9. The van der Waals surface area contributed by atoms with Gasteiger partial charge < -0.3 is 19.0 Å². The molecule has 0 aliphatic rings. The first-order valence-electron chi connectivity index (χ1n) is 9.60. The molecule has 0 atom stereocenters. The number of phosphoric acid groups is 1. The highest BCUT2D eigenvalue weighted by molar-refractivity contribution is 7.46. The van der Waals surface area contributed by atoms with Crippen molar-refractivity contribution in [3.8, 4) is 23.0 Å². The van der Waals surface area contributed by atoms with Gasteiger partial charge in [0.1, 0.15) is 16.5 Å². The zero-order valence-electron chi connectivity index (χ0n) is 17.0. The number of hydrogen-bond acceptors (Lipinski definition) is 7. The van der Waals surface area contributed by atoms with Crippen LogP contribution in [0, 0.1) is 0 Å². The lowest BCUT2D eigenvalue weighted by Crippen LogP contribution is -2.38. The number of nitrogen functional groups attached to an aromatic ring is 1. The van der Waals surface area contributed by atoms with Crippen LogP contribution in [0.25, 0.3) is 11.3 Å². The molecule has 0 saturated heterocycles. The highest BCUT2D eigenvalue weighted by Crippen LogP contribution is 2.35. The summed E-state index contributed by atoms with van der Waals surface area (Å²) in [5.74, 6) is 1.65. The fourth-order valence-electron chi connectivity index (χ4n) is 3.00. The zero-order valence-corrected chi connectivity index (χ0v) is 18.7. The number of pyridine rings is 2. The summed E-state index contributed by atoms with van der Waals surface area (Å²) in [6, 6.07) is 17.7. The summed E-state index contributed by atoms with van der Waals surface area (Å²) in [4.78, 5) is 21.9. The molecule has 3 heterocycles. The molecule has 4 aromatic rings. The largest absolute Gasteiger partial charge is 0.472 e. The Bertz CT molecular complexity index is 1310. The third-order valence-corrected chi connectivity index (χ3v) is 5.19. The number of benzene rings is 1. The Balaban J connectivity index is 1.44. The number of anilines is 1. The summed E-state index contributed by atoms with van der Waals surface area (Å²) in [7, 11) is -4.63. The second-order valence-electron chi connectivity index (χ2n) is 6.93. The lowest BCUT2D eigenvalue weighted by molar-refractivity contribution is -0.711. The number of phosphoric ester groups is 1. The predicted molar refractivity (Wildman–Crippen MR) is 118 cm³/mol. The van der Waals surface area contributed by atoms with E-state index in [0.29, 0.717) is 40.2 Å². The standard InChI is InChI=1S/C21H18ClN4O6P/c22-19-4-1-5-20(24-19)31-16-8-6-14(7-9-16)11-15-12-18(32-25-15)17-3-2-10-26(21(17)23)13-30-33(27,28)29/h1-10,12,23H,11,13H2,(H2,27,28,29)/p+1. The van der Waals surface area contributed by atoms with Gasteiger partial charge in [-0.05, 0) is 35.9 Å². The molecule has 0 unspecified atom stereocenters. The number of aromatic nitrogens is 3. The monoisotopic (exact) mass is 489 g/mol. The maximum absolute atomic E-state index is 10.9. The Labute approximate surface area is 193 Å². The summed E-state index contributed by atoms with van der Waals surface area (Å²) in [5.41, 5.74) is 8.28. The van der Waals surface area contributed by atoms with Crippen molar-refractivity contribution >= 4 is 25.2 Å². The van der Waals surface area contributed by atoms with E-state index in [0.717, 1.165) is 5.56 Å². The molecule has 0 bridgehead atoms. The van der Waals surface area contributed by atoms with Gasteiger partial charge in [-0.25, -0.2) is 18.6 Å². The molecule has 0 amide bonds. The molecule has 0 fully saturated rings. The summed E-state index contributed by atoms with van der Waals surface area (Å²) >= 11 is 5.87. The molecule has 0 aliphatic carbocycles. The van der Waals surface area contributed by atoms with Crippen LogP contribution in [0.5, 0.6) is 11.6 Å². The van der Waals surface area contributed by atoms with Gasteiger partial charge in [-0.1, -0.05) is 35.0 Å². The van der Waals surface area contributed by atoms with E-state index in [9.17, 15) is 4.57 Å². The molecule has 3 aromatic heterocycles. The van der Waals surface area contributed by atoms with Gasteiger partial charge in [0.15, 0.2) is 5.76 Å². The fraction of sp³-hybridized carbons (Fsp3) is 0.0952. The average Bonchev–Trinajstić information content (AvgIpc) is 3.22. The van der Waals surface area contributed by atoms with Crippen molar-refractivity contribution in [2.45, 2.75) is 13.2 Å². The number of halogens is 1. The van der Waals surface area contributed by atoms with Crippen LogP contribution in [0.2, 0.25) is 5.15 Å². The van der Waals surface area contributed by atoms with Crippen molar-refractivity contribution in [1.82, 2.24) is 10.1 Å². The first-order valence-corrected chi connectivity index (χ1v) is 11.5. The van der Waals surface area contributed by atoms with Gasteiger partial charge in [0.2, 0.25) is 12.6 Å². The van der Waals surface area contributed by atoms with Crippen LogP contribution in [0.3, 0.4) is 0 Å². The van der Waals surface area contributed by atoms with E-state index in [1.54, 1.807) is 36.4 Å². The second-order valence-corrected chi connectivity index (χ2v) is 8.56. The van der Waals surface area contributed by atoms with Crippen molar-refractivity contribution in [2.24, 2.45) is 0 Å². The van der Waals surface area contributed by atoms with Crippen LogP contribution in [-0.2, 0) is 22.2 Å². The van der Waals surface area contributed by atoms with E-state index in [4.69, 9.17) is 36.4 Å². The molecule has 12 heteroatoms. The van der Waals surface area contributed by atoms with E-state index >= 15 is 0 Å². The van der Waals surface area contributed by atoms with Crippen LogP contribution in [-0.4, -0.2) is 19.9 Å². The summed E-state index contributed by atoms with van der Waals surface area (Å²) in [6.07, 6.45) is 2.04. The summed E-state index contributed by atoms with van der Waals surface area (Å²) < 4.78 is 27.9. The van der Waals surface area contributed by atoms with Crippen LogP contribution < -0.4 is 15.0 Å². The highest BCUT2D eigenvalue weighted by Gasteiger charge is 2.20. The highest BCUT2D eigenvalue weighted by atomic mass is 35.5. The average molecular weight is 490 g/mol. The van der Waals surface area contributed by atoms with Gasteiger partial charge in [0.25, 0.3) is 5.82 Å². The van der Waals surface area contributed by atoms with Gasteiger partial charge in [0.05, 0.1) is 11.9 Å². The second kappa shape index (κ2) is 9.70. The third kappa shape index (κ3) is 6.16. The SMILES string of the molecule is Nc1c(-c2cc(Cc3ccc(Oc4cccc(Cl)n4)cc3)no2)ccc[n+]1COP(=O)(O)O. The molecule has 10 nitrogen and oxygen atoms in total. The van der Waals surface area contributed by atoms with E-state index in [2.05, 4.69) is 14.7 Å². The number of nitrogens with two attached hydrogens (primary N) is 1. The molecule has 170 valence electrons. The number of rotatable bonds is 8. The Hall–Kier alpha value is -3.27. The van der Waals surface area contributed by atoms with Crippen LogP contribution >= 0.6 is 19.4 Å². The normalized spacial score (nSPS) is 11.5. The minimum absolute atomic E-state index is 0.213. The molecular weight excluding hydrogens is 471 g/mol. The molecule has 1 aromatic carbocycles. The number of ether oxygens (including phenoxy) is 1. The van der Waals surface area contributed by atoms with Gasteiger partial charge in [-0.15, -0.1) is 0 Å². The van der Waals surface area contributed by atoms with E-state index in [1.807, 2.05) is 24.3 Å². The molecule has 0 spiro atoms. The smallest absolute Gasteiger partial charge is 0.439 e. The Kier molecular flexibility index (Phi) is 6.73. The van der Waals surface area contributed by atoms with Crippen molar-refractivity contribution in [1.29, 1.82) is 0 Å². The van der Waals surface area contributed by atoms with Gasteiger partial charge in [-0.3, -0.25) is 5.73 Å². The lowest BCUT2D eigenvalue weighted by Gasteiger charge is -2.07.